The number of hydrogen-bond acceptors (Lipinski definition) is 4. The third-order valence-corrected chi connectivity index (χ3v) is 7.41. The maximum Gasteiger partial charge on any atom is 0.261 e. The standard InChI is InChI=1S/C29H34F2N2O4/c1-36-23-18-24(37-2)28(31)26(27(23)30)29(35)32-22-11-9-20(10-12-22)21-14-16-33(17-15-21)25(34)13-8-19-6-4-3-5-7-19/h8-13,18-19,21H,3-7,14-17H2,1-2H3,(H,32,35)/b13-8+. The molecule has 0 unspecified atom stereocenters. The molecule has 198 valence electrons. The minimum absolute atomic E-state index is 0.0933. The molecule has 2 fully saturated rings. The van der Waals surface area contributed by atoms with Gasteiger partial charge >= 0.3 is 0 Å². The second kappa shape index (κ2) is 12.2. The second-order valence-corrected chi connectivity index (χ2v) is 9.72. The number of halogens is 2. The van der Waals surface area contributed by atoms with E-state index in [0.29, 0.717) is 30.6 Å². The zero-order valence-electron chi connectivity index (χ0n) is 21.4. The summed E-state index contributed by atoms with van der Waals surface area (Å²) in [6.07, 6.45) is 11.7. The molecule has 1 saturated heterocycles. The van der Waals surface area contributed by atoms with Crippen LogP contribution in [0.15, 0.2) is 42.5 Å². The fourth-order valence-corrected chi connectivity index (χ4v) is 5.20. The van der Waals surface area contributed by atoms with Gasteiger partial charge in [0.1, 0.15) is 5.56 Å². The lowest BCUT2D eigenvalue weighted by Crippen LogP contribution is -2.37. The van der Waals surface area contributed by atoms with Gasteiger partial charge in [-0.05, 0) is 61.3 Å². The van der Waals surface area contributed by atoms with Gasteiger partial charge in [-0.1, -0.05) is 37.5 Å². The fraction of sp³-hybridized carbons (Fsp3) is 0.448. The first-order chi connectivity index (χ1) is 17.9. The van der Waals surface area contributed by atoms with Gasteiger partial charge in [0.05, 0.1) is 14.2 Å². The first-order valence-corrected chi connectivity index (χ1v) is 12.9. The molecule has 37 heavy (non-hydrogen) atoms. The fourth-order valence-electron chi connectivity index (χ4n) is 5.20. The van der Waals surface area contributed by atoms with Crippen LogP contribution in [0.3, 0.4) is 0 Å². The normalized spacial score (nSPS) is 17.1. The Balaban J connectivity index is 1.34. The van der Waals surface area contributed by atoms with Gasteiger partial charge in [0.25, 0.3) is 5.91 Å². The molecule has 1 saturated carbocycles. The average Bonchev–Trinajstić information content (AvgIpc) is 2.93. The quantitative estimate of drug-likeness (QED) is 0.457. The van der Waals surface area contributed by atoms with E-state index in [4.69, 9.17) is 9.47 Å². The molecule has 1 heterocycles. The van der Waals surface area contributed by atoms with Gasteiger partial charge in [-0.3, -0.25) is 9.59 Å². The zero-order chi connectivity index (χ0) is 26.4. The van der Waals surface area contributed by atoms with Crippen LogP contribution in [0.5, 0.6) is 11.5 Å². The predicted octanol–water partition coefficient (Wildman–Crippen LogP) is 6.08. The smallest absolute Gasteiger partial charge is 0.261 e. The van der Waals surface area contributed by atoms with Gasteiger partial charge < -0.3 is 19.7 Å². The first kappa shape index (κ1) is 26.6. The van der Waals surface area contributed by atoms with E-state index in [1.165, 1.54) is 46.3 Å². The van der Waals surface area contributed by atoms with E-state index in [9.17, 15) is 18.4 Å². The molecule has 2 aromatic rings. The number of piperidine rings is 1. The van der Waals surface area contributed by atoms with Crippen molar-refractivity contribution in [3.8, 4) is 11.5 Å². The summed E-state index contributed by atoms with van der Waals surface area (Å²) >= 11 is 0. The molecular weight excluding hydrogens is 478 g/mol. The molecule has 0 atom stereocenters. The summed E-state index contributed by atoms with van der Waals surface area (Å²) in [7, 11) is 2.45. The lowest BCUT2D eigenvalue weighted by molar-refractivity contribution is -0.127. The van der Waals surface area contributed by atoms with Crippen molar-refractivity contribution in [1.29, 1.82) is 0 Å². The van der Waals surface area contributed by atoms with Crippen molar-refractivity contribution in [2.75, 3.05) is 32.6 Å². The number of carbonyl (C=O) groups is 2. The van der Waals surface area contributed by atoms with Crippen LogP contribution in [-0.4, -0.2) is 44.0 Å². The summed E-state index contributed by atoms with van der Waals surface area (Å²) in [6, 6.07) is 8.29. The Morgan fingerprint density at radius 1 is 0.919 bits per heavy atom. The molecule has 2 aliphatic rings. The number of nitrogens with zero attached hydrogens (tertiary/aromatic N) is 1. The van der Waals surface area contributed by atoms with Crippen molar-refractivity contribution in [3.63, 3.8) is 0 Å². The second-order valence-electron chi connectivity index (χ2n) is 9.72. The lowest BCUT2D eigenvalue weighted by atomic mass is 9.88. The highest BCUT2D eigenvalue weighted by atomic mass is 19.1. The summed E-state index contributed by atoms with van der Waals surface area (Å²) < 4.78 is 39.1. The minimum Gasteiger partial charge on any atom is -0.494 e. The number of likely N-dealkylation sites (tertiary alicyclic amines) is 1. The van der Waals surface area contributed by atoms with E-state index in [1.54, 1.807) is 18.2 Å². The lowest BCUT2D eigenvalue weighted by Gasteiger charge is -2.31. The van der Waals surface area contributed by atoms with Crippen molar-refractivity contribution >= 4 is 17.5 Å². The Bertz CT molecular complexity index is 1110. The number of nitrogens with one attached hydrogen (secondary N) is 1. The molecule has 4 rings (SSSR count). The van der Waals surface area contributed by atoms with Gasteiger partial charge in [0.15, 0.2) is 23.1 Å². The molecule has 1 aliphatic carbocycles. The van der Waals surface area contributed by atoms with Crippen LogP contribution in [0, 0.1) is 17.6 Å². The Kier molecular flexibility index (Phi) is 8.79. The number of amides is 2. The van der Waals surface area contributed by atoms with Crippen LogP contribution in [-0.2, 0) is 4.79 Å². The third kappa shape index (κ3) is 6.29. The van der Waals surface area contributed by atoms with Crippen molar-refractivity contribution in [2.45, 2.75) is 50.9 Å². The van der Waals surface area contributed by atoms with Crippen molar-refractivity contribution in [1.82, 2.24) is 4.90 Å². The average molecular weight is 513 g/mol. The Hall–Kier alpha value is -3.42. The van der Waals surface area contributed by atoms with Crippen molar-refractivity contribution < 1.29 is 27.8 Å². The number of methoxy groups -OCH3 is 2. The molecule has 2 aromatic carbocycles. The number of ether oxygens (including phenoxy) is 2. The molecule has 2 amide bonds. The number of carbonyl (C=O) groups excluding carboxylic acids is 2. The summed E-state index contributed by atoms with van der Waals surface area (Å²) in [5.74, 6) is -2.76. The van der Waals surface area contributed by atoms with Gasteiger partial charge in [-0.15, -0.1) is 0 Å². The van der Waals surface area contributed by atoms with Crippen LogP contribution >= 0.6 is 0 Å². The van der Waals surface area contributed by atoms with Crippen LogP contribution in [0.2, 0.25) is 0 Å². The number of rotatable bonds is 7. The Labute approximate surface area is 216 Å². The highest BCUT2D eigenvalue weighted by Crippen LogP contribution is 2.33. The van der Waals surface area contributed by atoms with Gasteiger partial charge in [0, 0.05) is 24.8 Å². The molecule has 1 aliphatic heterocycles. The summed E-state index contributed by atoms with van der Waals surface area (Å²) in [6.45, 7) is 1.40. The van der Waals surface area contributed by atoms with E-state index in [1.807, 2.05) is 17.0 Å². The molecule has 0 bridgehead atoms. The summed E-state index contributed by atoms with van der Waals surface area (Å²) in [5, 5.41) is 2.55. The van der Waals surface area contributed by atoms with Crippen LogP contribution in [0.1, 0.15) is 66.8 Å². The number of anilines is 1. The molecule has 8 heteroatoms. The highest BCUT2D eigenvalue weighted by molar-refractivity contribution is 6.05. The summed E-state index contributed by atoms with van der Waals surface area (Å²) in [4.78, 5) is 27.2. The minimum atomic E-state index is -1.09. The van der Waals surface area contributed by atoms with Crippen molar-refractivity contribution in [2.24, 2.45) is 5.92 Å². The SMILES string of the molecule is COc1cc(OC)c(F)c(C(=O)Nc2ccc(C3CCN(C(=O)/C=C/C4CCCCC4)CC3)cc2)c1F. The monoisotopic (exact) mass is 512 g/mol. The Morgan fingerprint density at radius 3 is 2.08 bits per heavy atom. The van der Waals surface area contributed by atoms with E-state index < -0.39 is 23.1 Å². The summed E-state index contributed by atoms with van der Waals surface area (Å²) in [5.41, 5.74) is 0.743. The topological polar surface area (TPSA) is 67.9 Å². The van der Waals surface area contributed by atoms with Crippen LogP contribution < -0.4 is 14.8 Å². The van der Waals surface area contributed by atoms with E-state index in [-0.39, 0.29) is 17.4 Å². The Morgan fingerprint density at radius 2 is 1.51 bits per heavy atom. The zero-order valence-corrected chi connectivity index (χ0v) is 21.4. The molecule has 0 radical (unpaired) electrons. The predicted molar refractivity (Wildman–Crippen MR) is 138 cm³/mol. The first-order valence-electron chi connectivity index (χ1n) is 12.9. The van der Waals surface area contributed by atoms with E-state index in [0.717, 1.165) is 24.5 Å². The highest BCUT2D eigenvalue weighted by Gasteiger charge is 2.26. The number of hydrogen-bond donors (Lipinski definition) is 1. The molecule has 6 nitrogen and oxygen atoms in total. The van der Waals surface area contributed by atoms with E-state index in [2.05, 4.69) is 11.4 Å². The molecular formula is C29H34F2N2O4. The van der Waals surface area contributed by atoms with Crippen LogP contribution in [0.4, 0.5) is 14.5 Å². The molecule has 0 spiro atoms. The number of allylic oxidation sites excluding steroid dienone is 1. The molecule has 0 aromatic heterocycles. The maximum atomic E-state index is 14.6. The van der Waals surface area contributed by atoms with Gasteiger partial charge in [0.2, 0.25) is 5.91 Å². The maximum absolute atomic E-state index is 14.6. The molecule has 1 N–H and O–H groups in total. The van der Waals surface area contributed by atoms with E-state index >= 15 is 0 Å². The third-order valence-electron chi connectivity index (χ3n) is 7.41. The van der Waals surface area contributed by atoms with Crippen molar-refractivity contribution in [3.05, 3.63) is 65.2 Å². The van der Waals surface area contributed by atoms with Gasteiger partial charge in [-0.25, -0.2) is 8.78 Å². The number of benzene rings is 2. The largest absolute Gasteiger partial charge is 0.494 e. The van der Waals surface area contributed by atoms with Gasteiger partial charge in [-0.2, -0.15) is 0 Å². The van der Waals surface area contributed by atoms with Crippen LogP contribution in [0.25, 0.3) is 0 Å².